The van der Waals surface area contributed by atoms with E-state index in [-0.39, 0.29) is 11.5 Å². The number of fused-ring (bicyclic) bond motifs is 1. The molecule has 0 spiro atoms. The van der Waals surface area contributed by atoms with Gasteiger partial charge in [0, 0.05) is 23.8 Å². The first kappa shape index (κ1) is 26.8. The largest absolute Gasteiger partial charge is 0.383 e. The van der Waals surface area contributed by atoms with Gasteiger partial charge in [0.25, 0.3) is 0 Å². The Morgan fingerprint density at radius 2 is 1.83 bits per heavy atom. The van der Waals surface area contributed by atoms with E-state index < -0.39 is 0 Å². The molecule has 0 aliphatic heterocycles. The van der Waals surface area contributed by atoms with E-state index in [9.17, 15) is 5.26 Å². The third kappa shape index (κ3) is 5.89. The average Bonchev–Trinajstić information content (AvgIpc) is 3.71. The second kappa shape index (κ2) is 10.9. The van der Waals surface area contributed by atoms with Crippen molar-refractivity contribution < 1.29 is 0 Å². The van der Waals surface area contributed by atoms with Crippen molar-refractivity contribution in [1.29, 1.82) is 5.26 Å². The van der Waals surface area contributed by atoms with Crippen molar-refractivity contribution in [3.8, 4) is 17.2 Å². The molecule has 8 heteroatoms. The second-order valence-corrected chi connectivity index (χ2v) is 12.3. The van der Waals surface area contributed by atoms with E-state index in [4.69, 9.17) is 11.6 Å². The van der Waals surface area contributed by atoms with Gasteiger partial charge in [0.2, 0.25) is 0 Å². The average molecular weight is 562 g/mol. The zero-order valence-electron chi connectivity index (χ0n) is 23.4. The number of hydrogen-bond donors (Lipinski definition) is 2. The molecule has 3 aromatic carbocycles. The Morgan fingerprint density at radius 1 is 1.05 bits per heavy atom. The van der Waals surface area contributed by atoms with Gasteiger partial charge in [-0.05, 0) is 53.1 Å². The summed E-state index contributed by atoms with van der Waals surface area (Å²) in [5, 5.41) is 27.4. The number of pyridine rings is 1. The highest BCUT2D eigenvalue weighted by atomic mass is 35.5. The van der Waals surface area contributed by atoms with Crippen LogP contribution in [0.1, 0.15) is 62.5 Å². The quantitative estimate of drug-likeness (QED) is 0.199. The number of benzene rings is 3. The van der Waals surface area contributed by atoms with Gasteiger partial charge < -0.3 is 10.6 Å². The SMILES string of the molecule is CC(C)(C)CNc1c(C#N)cnc2c(Cl)cc(N[C@@H](c3cccc(-c4ccccc4)c3)c3cn(C4CC4)nn3)cc12. The number of nitrogens with one attached hydrogen (secondary N) is 2. The van der Waals surface area contributed by atoms with Gasteiger partial charge in [0.05, 0.1) is 40.1 Å². The third-order valence-electron chi connectivity index (χ3n) is 7.22. The van der Waals surface area contributed by atoms with E-state index in [1.165, 1.54) is 0 Å². The van der Waals surface area contributed by atoms with Crippen LogP contribution in [0, 0.1) is 16.7 Å². The number of hydrogen-bond acceptors (Lipinski definition) is 6. The number of nitriles is 1. The van der Waals surface area contributed by atoms with Gasteiger partial charge in [-0.25, -0.2) is 4.68 Å². The molecule has 2 heterocycles. The van der Waals surface area contributed by atoms with Crippen molar-refractivity contribution in [2.45, 2.75) is 45.7 Å². The molecule has 1 atom stereocenters. The molecule has 2 N–H and O–H groups in total. The van der Waals surface area contributed by atoms with E-state index in [0.29, 0.717) is 28.7 Å². The first-order valence-electron chi connectivity index (χ1n) is 13.9. The fraction of sp³-hybridized carbons (Fsp3) is 0.273. The molecule has 1 aliphatic carbocycles. The molecule has 0 unspecified atom stereocenters. The van der Waals surface area contributed by atoms with Crippen LogP contribution < -0.4 is 10.6 Å². The Morgan fingerprint density at radius 3 is 2.56 bits per heavy atom. The van der Waals surface area contributed by atoms with E-state index in [2.05, 4.69) is 89.2 Å². The minimum Gasteiger partial charge on any atom is -0.383 e. The van der Waals surface area contributed by atoms with Crippen molar-refractivity contribution >= 4 is 33.9 Å². The Balaban J connectivity index is 1.43. The minimum atomic E-state index is -0.280. The molecular formula is C33H32ClN7. The lowest BCUT2D eigenvalue weighted by molar-refractivity contribution is 0.443. The summed E-state index contributed by atoms with van der Waals surface area (Å²) in [6.45, 7) is 7.14. The summed E-state index contributed by atoms with van der Waals surface area (Å²) in [5.41, 5.74) is 6.84. The Hall–Kier alpha value is -4.41. The Bertz CT molecular complexity index is 1740. The van der Waals surface area contributed by atoms with E-state index >= 15 is 0 Å². The first-order valence-corrected chi connectivity index (χ1v) is 14.3. The monoisotopic (exact) mass is 561 g/mol. The summed E-state index contributed by atoms with van der Waals surface area (Å²) < 4.78 is 1.97. The van der Waals surface area contributed by atoms with Gasteiger partial charge in [-0.1, -0.05) is 86.1 Å². The summed E-state index contributed by atoms with van der Waals surface area (Å²) in [7, 11) is 0. The number of rotatable bonds is 8. The first-order chi connectivity index (χ1) is 19.8. The maximum absolute atomic E-state index is 9.86. The van der Waals surface area contributed by atoms with Gasteiger partial charge in [-0.3, -0.25) is 4.98 Å². The minimum absolute atomic E-state index is 0.0181. The van der Waals surface area contributed by atoms with Crippen molar-refractivity contribution in [3.05, 3.63) is 101 Å². The molecule has 6 rings (SSSR count). The Labute approximate surface area is 245 Å². The molecule has 41 heavy (non-hydrogen) atoms. The molecule has 0 bridgehead atoms. The zero-order valence-corrected chi connectivity index (χ0v) is 24.2. The number of halogens is 1. The van der Waals surface area contributed by atoms with Gasteiger partial charge in [-0.2, -0.15) is 5.26 Å². The molecule has 206 valence electrons. The van der Waals surface area contributed by atoms with Crippen LogP contribution >= 0.6 is 11.6 Å². The predicted octanol–water partition coefficient (Wildman–Crippen LogP) is 8.01. The zero-order chi connectivity index (χ0) is 28.6. The maximum atomic E-state index is 9.86. The highest BCUT2D eigenvalue weighted by molar-refractivity contribution is 6.35. The van der Waals surface area contributed by atoms with E-state index in [0.717, 1.165) is 52.0 Å². The van der Waals surface area contributed by atoms with Crippen LogP contribution in [0.3, 0.4) is 0 Å². The molecule has 0 radical (unpaired) electrons. The highest BCUT2D eigenvalue weighted by Crippen LogP contribution is 2.38. The molecule has 1 aliphatic rings. The van der Waals surface area contributed by atoms with Crippen molar-refractivity contribution in [3.63, 3.8) is 0 Å². The molecule has 0 amide bonds. The van der Waals surface area contributed by atoms with Crippen molar-refractivity contribution in [2.75, 3.05) is 17.2 Å². The lowest BCUT2D eigenvalue weighted by Gasteiger charge is -2.22. The van der Waals surface area contributed by atoms with Gasteiger partial charge in [-0.15, -0.1) is 5.10 Å². The van der Waals surface area contributed by atoms with Crippen LogP contribution in [0.4, 0.5) is 11.4 Å². The topological polar surface area (TPSA) is 91.5 Å². The molecule has 2 aromatic heterocycles. The predicted molar refractivity (Wildman–Crippen MR) is 165 cm³/mol. The normalized spacial score (nSPS) is 14.0. The van der Waals surface area contributed by atoms with Crippen LogP contribution in [-0.2, 0) is 0 Å². The van der Waals surface area contributed by atoms with Gasteiger partial charge in [0.15, 0.2) is 0 Å². The molecule has 1 fully saturated rings. The van der Waals surface area contributed by atoms with Gasteiger partial charge in [0.1, 0.15) is 11.8 Å². The summed E-state index contributed by atoms with van der Waals surface area (Å²) in [6, 6.07) is 25.2. The lowest BCUT2D eigenvalue weighted by atomic mass is 9.96. The van der Waals surface area contributed by atoms with Gasteiger partial charge >= 0.3 is 0 Å². The number of nitrogens with zero attached hydrogens (tertiary/aromatic N) is 5. The lowest BCUT2D eigenvalue weighted by Crippen LogP contribution is -2.20. The molecule has 5 aromatic rings. The Kier molecular flexibility index (Phi) is 7.10. The summed E-state index contributed by atoms with van der Waals surface area (Å²) >= 11 is 6.81. The summed E-state index contributed by atoms with van der Waals surface area (Å²) in [5.74, 6) is 0. The summed E-state index contributed by atoms with van der Waals surface area (Å²) in [6.07, 6.45) is 5.88. The van der Waals surface area contributed by atoms with Crippen molar-refractivity contribution in [2.24, 2.45) is 5.41 Å². The van der Waals surface area contributed by atoms with Crippen LogP contribution in [0.2, 0.25) is 5.02 Å². The second-order valence-electron chi connectivity index (χ2n) is 11.9. The third-order valence-corrected chi connectivity index (χ3v) is 7.51. The molecule has 0 saturated heterocycles. The van der Waals surface area contributed by atoms with Crippen LogP contribution in [0.5, 0.6) is 0 Å². The van der Waals surface area contributed by atoms with Crippen LogP contribution in [0.15, 0.2) is 79.1 Å². The molecular weight excluding hydrogens is 530 g/mol. The molecule has 1 saturated carbocycles. The number of aromatic nitrogens is 4. The molecule has 7 nitrogen and oxygen atoms in total. The van der Waals surface area contributed by atoms with Crippen molar-refractivity contribution in [1.82, 2.24) is 20.0 Å². The van der Waals surface area contributed by atoms with Crippen LogP contribution in [-0.4, -0.2) is 26.5 Å². The van der Waals surface area contributed by atoms with Crippen LogP contribution in [0.25, 0.3) is 22.0 Å². The maximum Gasteiger partial charge on any atom is 0.109 e. The standard InChI is InChI=1S/C33H32ClN7/c1-33(2,3)20-37-30-24(17-35)18-36-32-27(30)15-25(16-28(32)34)38-31(29-19-41(40-39-29)26-12-13-26)23-11-7-10-22(14-23)21-8-5-4-6-9-21/h4-11,14-16,18-19,26,31,38H,12-13,20H2,1-3H3,(H,36,37)/t31-/m0/s1. The fourth-order valence-corrected chi connectivity index (χ4v) is 5.20. The fourth-order valence-electron chi connectivity index (χ4n) is 4.94. The number of anilines is 2. The highest BCUT2D eigenvalue weighted by Gasteiger charge is 2.27. The van der Waals surface area contributed by atoms with E-state index in [1.54, 1.807) is 6.20 Å². The smallest absolute Gasteiger partial charge is 0.109 e. The van der Waals surface area contributed by atoms with E-state index in [1.807, 2.05) is 41.2 Å². The summed E-state index contributed by atoms with van der Waals surface area (Å²) in [4.78, 5) is 4.52.